The normalized spacial score (nSPS) is 27.4. The maximum atomic E-state index is 12.2. The summed E-state index contributed by atoms with van der Waals surface area (Å²) in [5.74, 6) is -0.113. The van der Waals surface area contributed by atoms with Gasteiger partial charge in [-0.05, 0) is 45.6 Å². The topological polar surface area (TPSA) is 41.6 Å². The highest BCUT2D eigenvalue weighted by atomic mass is 16.5. The van der Waals surface area contributed by atoms with Gasteiger partial charge in [-0.1, -0.05) is 20.8 Å². The first-order valence-corrected chi connectivity index (χ1v) is 7.66. The van der Waals surface area contributed by atoms with Crippen LogP contribution in [0.3, 0.4) is 0 Å². The van der Waals surface area contributed by atoms with E-state index in [-0.39, 0.29) is 17.4 Å². The Kier molecular flexibility index (Phi) is 5.61. The second-order valence-corrected chi connectivity index (χ2v) is 7.75. The SMILES string of the molecule is COC(=O)C1(NC(C)C)CCC(N(C)CC(C)(C)C)C1. The van der Waals surface area contributed by atoms with Gasteiger partial charge in [0.1, 0.15) is 5.54 Å². The minimum Gasteiger partial charge on any atom is -0.468 e. The lowest BCUT2D eigenvalue weighted by molar-refractivity contribution is -0.149. The molecule has 0 amide bonds. The van der Waals surface area contributed by atoms with Crippen LogP contribution in [-0.4, -0.2) is 49.2 Å². The lowest BCUT2D eigenvalue weighted by Crippen LogP contribution is -2.54. The number of nitrogens with one attached hydrogen (secondary N) is 1. The zero-order valence-electron chi connectivity index (χ0n) is 14.2. The van der Waals surface area contributed by atoms with Crippen LogP contribution < -0.4 is 5.32 Å². The standard InChI is InChI=1S/C16H32N2O2/c1-12(2)17-16(14(19)20-7)9-8-13(10-16)18(6)11-15(3,4)5/h12-13,17H,8-11H2,1-7H3. The van der Waals surface area contributed by atoms with Crippen LogP contribution in [0.1, 0.15) is 53.9 Å². The fourth-order valence-electron chi connectivity index (χ4n) is 3.40. The van der Waals surface area contributed by atoms with E-state index in [4.69, 9.17) is 4.74 Å². The molecule has 0 aromatic carbocycles. The summed E-state index contributed by atoms with van der Waals surface area (Å²) in [6.45, 7) is 11.9. The van der Waals surface area contributed by atoms with Crippen LogP contribution in [0.5, 0.6) is 0 Å². The highest BCUT2D eigenvalue weighted by Crippen LogP contribution is 2.35. The number of rotatable bonds is 5. The van der Waals surface area contributed by atoms with Crippen molar-refractivity contribution in [1.29, 1.82) is 0 Å². The molecule has 0 aromatic heterocycles. The summed E-state index contributed by atoms with van der Waals surface area (Å²) in [5, 5.41) is 3.45. The molecule has 0 saturated heterocycles. The summed E-state index contributed by atoms with van der Waals surface area (Å²) in [6, 6.07) is 0.723. The van der Waals surface area contributed by atoms with Gasteiger partial charge in [0, 0.05) is 18.6 Å². The molecule has 2 atom stereocenters. The number of methoxy groups -OCH3 is 1. The molecule has 0 radical (unpaired) electrons. The molecule has 1 aliphatic rings. The van der Waals surface area contributed by atoms with Crippen molar-refractivity contribution in [2.24, 2.45) is 5.41 Å². The molecule has 2 unspecified atom stereocenters. The van der Waals surface area contributed by atoms with E-state index < -0.39 is 5.54 Å². The number of hydrogen-bond acceptors (Lipinski definition) is 4. The van der Waals surface area contributed by atoms with Gasteiger partial charge in [0.25, 0.3) is 0 Å². The van der Waals surface area contributed by atoms with Crippen molar-refractivity contribution < 1.29 is 9.53 Å². The molecule has 1 rings (SSSR count). The Balaban J connectivity index is 2.76. The van der Waals surface area contributed by atoms with E-state index in [0.29, 0.717) is 6.04 Å². The quantitative estimate of drug-likeness (QED) is 0.787. The number of esters is 1. The Morgan fingerprint density at radius 1 is 1.45 bits per heavy atom. The fraction of sp³-hybridized carbons (Fsp3) is 0.938. The zero-order valence-corrected chi connectivity index (χ0v) is 14.2. The third-order valence-corrected chi connectivity index (χ3v) is 3.98. The number of carbonyl (C=O) groups excluding carboxylic acids is 1. The van der Waals surface area contributed by atoms with E-state index in [2.05, 4.69) is 51.9 Å². The number of carbonyl (C=O) groups is 1. The molecule has 1 aliphatic carbocycles. The average Bonchev–Trinajstić information content (AvgIpc) is 2.70. The van der Waals surface area contributed by atoms with Crippen molar-refractivity contribution in [2.45, 2.75) is 71.5 Å². The fourth-order valence-corrected chi connectivity index (χ4v) is 3.40. The van der Waals surface area contributed by atoms with Crippen LogP contribution >= 0.6 is 0 Å². The second-order valence-electron chi connectivity index (χ2n) is 7.75. The molecule has 0 heterocycles. The molecular formula is C16H32N2O2. The van der Waals surface area contributed by atoms with Crippen molar-refractivity contribution in [1.82, 2.24) is 10.2 Å². The zero-order chi connectivity index (χ0) is 15.6. The molecule has 0 aromatic rings. The third kappa shape index (κ3) is 4.45. The van der Waals surface area contributed by atoms with Gasteiger partial charge in [0.2, 0.25) is 0 Å². The van der Waals surface area contributed by atoms with Crippen LogP contribution in [0, 0.1) is 5.41 Å². The highest BCUT2D eigenvalue weighted by molar-refractivity contribution is 5.81. The van der Waals surface area contributed by atoms with Gasteiger partial charge in [0.05, 0.1) is 7.11 Å². The molecule has 1 fully saturated rings. The first-order chi connectivity index (χ1) is 9.09. The number of nitrogens with zero attached hydrogens (tertiary/aromatic N) is 1. The van der Waals surface area contributed by atoms with Crippen LogP contribution in [0.2, 0.25) is 0 Å². The van der Waals surface area contributed by atoms with Gasteiger partial charge >= 0.3 is 5.97 Å². The average molecular weight is 284 g/mol. The van der Waals surface area contributed by atoms with Crippen LogP contribution in [0.15, 0.2) is 0 Å². The summed E-state index contributed by atoms with van der Waals surface area (Å²) >= 11 is 0. The van der Waals surface area contributed by atoms with Gasteiger partial charge in [-0.25, -0.2) is 0 Å². The van der Waals surface area contributed by atoms with Crippen molar-refractivity contribution in [3.05, 3.63) is 0 Å². The van der Waals surface area contributed by atoms with E-state index in [1.165, 1.54) is 7.11 Å². The monoisotopic (exact) mass is 284 g/mol. The molecular weight excluding hydrogens is 252 g/mol. The Morgan fingerprint density at radius 2 is 2.05 bits per heavy atom. The first-order valence-electron chi connectivity index (χ1n) is 7.66. The molecule has 4 heteroatoms. The van der Waals surface area contributed by atoms with Gasteiger partial charge in [-0.15, -0.1) is 0 Å². The molecule has 1 N–H and O–H groups in total. The lowest BCUT2D eigenvalue weighted by Gasteiger charge is -2.34. The molecule has 118 valence electrons. The molecule has 0 spiro atoms. The number of hydrogen-bond donors (Lipinski definition) is 1. The van der Waals surface area contributed by atoms with E-state index in [9.17, 15) is 4.79 Å². The van der Waals surface area contributed by atoms with Crippen molar-refractivity contribution >= 4 is 5.97 Å². The third-order valence-electron chi connectivity index (χ3n) is 3.98. The maximum absolute atomic E-state index is 12.2. The molecule has 4 nitrogen and oxygen atoms in total. The van der Waals surface area contributed by atoms with Crippen LogP contribution in [0.25, 0.3) is 0 Å². The van der Waals surface area contributed by atoms with E-state index in [0.717, 1.165) is 25.8 Å². The summed E-state index contributed by atoms with van der Waals surface area (Å²) in [7, 11) is 3.65. The van der Waals surface area contributed by atoms with Crippen molar-refractivity contribution in [3.63, 3.8) is 0 Å². The summed E-state index contributed by atoms with van der Waals surface area (Å²) in [5.41, 5.74) is -0.226. The second kappa shape index (κ2) is 6.44. The van der Waals surface area contributed by atoms with Crippen LogP contribution in [-0.2, 0) is 9.53 Å². The van der Waals surface area contributed by atoms with E-state index in [1.807, 2.05) is 0 Å². The van der Waals surface area contributed by atoms with E-state index >= 15 is 0 Å². The Hall–Kier alpha value is -0.610. The maximum Gasteiger partial charge on any atom is 0.326 e. The van der Waals surface area contributed by atoms with Crippen molar-refractivity contribution in [3.8, 4) is 0 Å². The number of ether oxygens (including phenoxy) is 1. The minimum atomic E-state index is -0.500. The van der Waals surface area contributed by atoms with Gasteiger partial charge < -0.3 is 9.64 Å². The molecule has 0 bridgehead atoms. The minimum absolute atomic E-state index is 0.113. The Morgan fingerprint density at radius 3 is 2.50 bits per heavy atom. The largest absolute Gasteiger partial charge is 0.468 e. The summed E-state index contributed by atoms with van der Waals surface area (Å²) in [6.07, 6.45) is 2.74. The van der Waals surface area contributed by atoms with Crippen molar-refractivity contribution in [2.75, 3.05) is 20.7 Å². The predicted octanol–water partition coefficient (Wildman–Crippen LogP) is 2.43. The Labute approximate surface area is 124 Å². The van der Waals surface area contributed by atoms with Gasteiger partial charge in [0.15, 0.2) is 0 Å². The first kappa shape index (κ1) is 17.4. The summed E-state index contributed by atoms with van der Waals surface area (Å²) in [4.78, 5) is 14.6. The summed E-state index contributed by atoms with van der Waals surface area (Å²) < 4.78 is 5.05. The molecule has 1 saturated carbocycles. The lowest BCUT2D eigenvalue weighted by atomic mass is 9.94. The van der Waals surface area contributed by atoms with E-state index in [1.54, 1.807) is 0 Å². The molecule has 0 aliphatic heterocycles. The van der Waals surface area contributed by atoms with Gasteiger partial charge in [-0.3, -0.25) is 10.1 Å². The molecule has 20 heavy (non-hydrogen) atoms. The smallest absolute Gasteiger partial charge is 0.326 e. The predicted molar refractivity (Wildman–Crippen MR) is 82.7 cm³/mol. The van der Waals surface area contributed by atoms with Gasteiger partial charge in [-0.2, -0.15) is 0 Å². The Bertz CT molecular complexity index is 336. The van der Waals surface area contributed by atoms with Crippen LogP contribution in [0.4, 0.5) is 0 Å². The highest BCUT2D eigenvalue weighted by Gasteiger charge is 2.47.